The number of aromatic nitrogens is 1. The molecule has 0 bridgehead atoms. The van der Waals surface area contributed by atoms with Gasteiger partial charge in [-0.3, -0.25) is 4.90 Å². The van der Waals surface area contributed by atoms with E-state index in [1.807, 2.05) is 31.3 Å². The van der Waals surface area contributed by atoms with Crippen LogP contribution in [0, 0.1) is 11.7 Å². The summed E-state index contributed by atoms with van der Waals surface area (Å²) in [5.74, 6) is 0.577. The summed E-state index contributed by atoms with van der Waals surface area (Å²) in [5.41, 5.74) is 1.88. The van der Waals surface area contributed by atoms with Crippen LogP contribution in [-0.4, -0.2) is 33.8 Å². The van der Waals surface area contributed by atoms with E-state index < -0.39 is 0 Å². The van der Waals surface area contributed by atoms with Crippen LogP contribution in [0.3, 0.4) is 0 Å². The highest BCUT2D eigenvalue weighted by Gasteiger charge is 2.19. The lowest BCUT2D eigenvalue weighted by Gasteiger charge is -2.30. The number of halogens is 1. The van der Waals surface area contributed by atoms with E-state index in [0.717, 1.165) is 19.0 Å². The standard InChI is InChI=1S/C22H31FN2O/c1-18(26)14-24(15-19-8-3-2-4-9-19)17-21-11-7-13-25(21)16-20-10-5-6-12-22(20)23/h5-7,10-13,18-19,26H,2-4,8-9,14-17H2,1H3. The van der Waals surface area contributed by atoms with E-state index in [2.05, 4.69) is 15.5 Å². The molecule has 1 unspecified atom stereocenters. The van der Waals surface area contributed by atoms with Gasteiger partial charge in [-0.2, -0.15) is 0 Å². The summed E-state index contributed by atoms with van der Waals surface area (Å²) in [4.78, 5) is 2.37. The minimum absolute atomic E-state index is 0.157. The fourth-order valence-corrected chi connectivity index (χ4v) is 4.10. The van der Waals surface area contributed by atoms with Gasteiger partial charge in [0.15, 0.2) is 0 Å². The van der Waals surface area contributed by atoms with Gasteiger partial charge in [0.2, 0.25) is 0 Å². The molecule has 1 atom stereocenters. The Balaban J connectivity index is 1.68. The van der Waals surface area contributed by atoms with E-state index in [-0.39, 0.29) is 11.9 Å². The van der Waals surface area contributed by atoms with Gasteiger partial charge in [-0.1, -0.05) is 37.5 Å². The Morgan fingerprint density at radius 1 is 1.15 bits per heavy atom. The van der Waals surface area contributed by atoms with Gasteiger partial charge < -0.3 is 9.67 Å². The van der Waals surface area contributed by atoms with Crippen molar-refractivity contribution in [3.05, 3.63) is 59.7 Å². The zero-order valence-electron chi connectivity index (χ0n) is 15.8. The van der Waals surface area contributed by atoms with Crippen LogP contribution in [0.15, 0.2) is 42.6 Å². The van der Waals surface area contributed by atoms with E-state index >= 15 is 0 Å². The quantitative estimate of drug-likeness (QED) is 0.756. The predicted molar refractivity (Wildman–Crippen MR) is 103 cm³/mol. The van der Waals surface area contributed by atoms with Gasteiger partial charge in [-0.15, -0.1) is 0 Å². The summed E-state index contributed by atoms with van der Waals surface area (Å²) < 4.78 is 16.1. The molecule has 2 aromatic rings. The second-order valence-corrected chi connectivity index (χ2v) is 7.77. The summed E-state index contributed by atoms with van der Waals surface area (Å²) in [6, 6.07) is 11.1. The second-order valence-electron chi connectivity index (χ2n) is 7.77. The van der Waals surface area contributed by atoms with Crippen LogP contribution < -0.4 is 0 Å². The zero-order chi connectivity index (χ0) is 18.4. The van der Waals surface area contributed by atoms with Crippen LogP contribution >= 0.6 is 0 Å². The summed E-state index contributed by atoms with van der Waals surface area (Å²) >= 11 is 0. The second kappa shape index (κ2) is 9.33. The molecule has 3 rings (SSSR count). The maximum absolute atomic E-state index is 14.0. The molecular weight excluding hydrogens is 327 g/mol. The Bertz CT molecular complexity index is 676. The first-order chi connectivity index (χ1) is 12.6. The van der Waals surface area contributed by atoms with Crippen molar-refractivity contribution < 1.29 is 9.50 Å². The first-order valence-electron chi connectivity index (χ1n) is 9.89. The normalized spacial score (nSPS) is 16.9. The Morgan fingerprint density at radius 3 is 2.65 bits per heavy atom. The van der Waals surface area contributed by atoms with Crippen molar-refractivity contribution >= 4 is 0 Å². The lowest BCUT2D eigenvalue weighted by atomic mass is 9.89. The average molecular weight is 359 g/mol. The van der Waals surface area contributed by atoms with Crippen LogP contribution in [-0.2, 0) is 13.1 Å². The summed E-state index contributed by atoms with van der Waals surface area (Å²) in [5, 5.41) is 9.92. The molecule has 0 spiro atoms. The van der Waals surface area contributed by atoms with E-state index in [1.165, 1.54) is 43.9 Å². The minimum atomic E-state index is -0.339. The van der Waals surface area contributed by atoms with Gasteiger partial charge in [0.1, 0.15) is 5.82 Å². The van der Waals surface area contributed by atoms with Gasteiger partial charge >= 0.3 is 0 Å². The van der Waals surface area contributed by atoms with Crippen LogP contribution in [0.25, 0.3) is 0 Å². The Morgan fingerprint density at radius 2 is 1.92 bits per heavy atom. The lowest BCUT2D eigenvalue weighted by molar-refractivity contribution is 0.103. The molecule has 1 aromatic heterocycles. The van der Waals surface area contributed by atoms with Gasteiger partial charge in [0, 0.05) is 37.1 Å². The molecule has 142 valence electrons. The number of aliphatic hydroxyl groups is 1. The molecule has 0 aliphatic heterocycles. The molecule has 0 radical (unpaired) electrons. The summed E-state index contributed by atoms with van der Waals surface area (Å²) in [6.45, 7) is 4.91. The van der Waals surface area contributed by atoms with E-state index in [9.17, 15) is 9.50 Å². The Hall–Kier alpha value is -1.65. The number of benzene rings is 1. The number of rotatable bonds is 8. The fraction of sp³-hybridized carbons (Fsp3) is 0.545. The van der Waals surface area contributed by atoms with Crippen molar-refractivity contribution in [1.29, 1.82) is 0 Å². The third kappa shape index (κ3) is 5.42. The predicted octanol–water partition coefficient (Wildman–Crippen LogP) is 4.44. The van der Waals surface area contributed by atoms with Gasteiger partial charge in [0.05, 0.1) is 12.6 Å². The van der Waals surface area contributed by atoms with Crippen molar-refractivity contribution in [3.8, 4) is 0 Å². The average Bonchev–Trinajstić information content (AvgIpc) is 3.04. The molecule has 1 N–H and O–H groups in total. The van der Waals surface area contributed by atoms with E-state index in [1.54, 1.807) is 6.07 Å². The molecule has 3 nitrogen and oxygen atoms in total. The molecule has 26 heavy (non-hydrogen) atoms. The number of hydrogen-bond donors (Lipinski definition) is 1. The van der Waals surface area contributed by atoms with Crippen molar-refractivity contribution in [1.82, 2.24) is 9.47 Å². The molecule has 1 aromatic carbocycles. The highest BCUT2D eigenvalue weighted by Crippen LogP contribution is 2.25. The van der Waals surface area contributed by atoms with Gasteiger partial charge in [-0.05, 0) is 43.9 Å². The SMILES string of the molecule is CC(O)CN(Cc1cccn1Cc1ccccc1F)CC1CCCCC1. The topological polar surface area (TPSA) is 28.4 Å². The first kappa shape index (κ1) is 19.1. The number of nitrogens with zero attached hydrogens (tertiary/aromatic N) is 2. The minimum Gasteiger partial charge on any atom is -0.392 e. The number of hydrogen-bond acceptors (Lipinski definition) is 2. The van der Waals surface area contributed by atoms with Crippen LogP contribution in [0.5, 0.6) is 0 Å². The van der Waals surface area contributed by atoms with Crippen LogP contribution in [0.2, 0.25) is 0 Å². The highest BCUT2D eigenvalue weighted by molar-refractivity contribution is 5.19. The molecule has 1 fully saturated rings. The van der Waals surface area contributed by atoms with E-state index in [0.29, 0.717) is 18.7 Å². The third-order valence-electron chi connectivity index (χ3n) is 5.37. The highest BCUT2D eigenvalue weighted by atomic mass is 19.1. The molecule has 1 aliphatic carbocycles. The summed E-state index contributed by atoms with van der Waals surface area (Å²) in [6.07, 6.45) is 8.29. The molecule has 1 saturated carbocycles. The summed E-state index contributed by atoms with van der Waals surface area (Å²) in [7, 11) is 0. The van der Waals surface area contributed by atoms with Crippen molar-refractivity contribution in [2.24, 2.45) is 5.92 Å². The molecule has 4 heteroatoms. The maximum Gasteiger partial charge on any atom is 0.128 e. The van der Waals surface area contributed by atoms with Crippen molar-refractivity contribution in [2.45, 2.75) is 58.2 Å². The molecular formula is C22H31FN2O. The molecule has 1 aliphatic rings. The third-order valence-corrected chi connectivity index (χ3v) is 5.37. The Kier molecular flexibility index (Phi) is 6.86. The first-order valence-corrected chi connectivity index (χ1v) is 9.89. The van der Waals surface area contributed by atoms with Crippen molar-refractivity contribution in [3.63, 3.8) is 0 Å². The zero-order valence-corrected chi connectivity index (χ0v) is 15.8. The van der Waals surface area contributed by atoms with Gasteiger partial charge in [-0.25, -0.2) is 4.39 Å². The number of aliphatic hydroxyl groups excluding tert-OH is 1. The molecule has 0 saturated heterocycles. The lowest BCUT2D eigenvalue weighted by Crippen LogP contribution is -2.36. The van der Waals surface area contributed by atoms with Crippen LogP contribution in [0.1, 0.15) is 50.3 Å². The maximum atomic E-state index is 14.0. The van der Waals surface area contributed by atoms with Gasteiger partial charge in [0.25, 0.3) is 0 Å². The fourth-order valence-electron chi connectivity index (χ4n) is 4.10. The molecule has 1 heterocycles. The monoisotopic (exact) mass is 358 g/mol. The van der Waals surface area contributed by atoms with Crippen molar-refractivity contribution in [2.75, 3.05) is 13.1 Å². The molecule has 0 amide bonds. The van der Waals surface area contributed by atoms with Crippen LogP contribution in [0.4, 0.5) is 4.39 Å². The van der Waals surface area contributed by atoms with E-state index in [4.69, 9.17) is 0 Å². The Labute approximate surface area is 156 Å². The smallest absolute Gasteiger partial charge is 0.128 e. The largest absolute Gasteiger partial charge is 0.392 e.